The number of amides is 1. The maximum atomic E-state index is 13.2. The number of rotatable bonds is 6. The van der Waals surface area contributed by atoms with E-state index in [9.17, 15) is 17.6 Å². The molecule has 116 valence electrons. The smallest absolute Gasteiger partial charge is 0.240 e. The number of nitrogens with one attached hydrogen (secondary N) is 1. The lowest BCUT2D eigenvalue weighted by Crippen LogP contribution is -2.38. The number of nitrogens with zero attached hydrogens (tertiary/aromatic N) is 1. The Bertz CT molecular complexity index is 642. The Morgan fingerprint density at radius 1 is 1.43 bits per heavy atom. The maximum absolute atomic E-state index is 13.2. The maximum Gasteiger partial charge on any atom is 0.240 e. The predicted octanol–water partition coefficient (Wildman–Crippen LogP) is 1.42. The standard InChI is InChI=1S/C14H19FN2O3S/c1-10-9-13(5-6-14(10)15)21(19,20)16-7-8-17(11(2)18)12-3-4-12/h5-6,9,12,16H,3-4,7-8H2,1-2H3. The van der Waals surface area contributed by atoms with Crippen LogP contribution in [0.2, 0.25) is 0 Å². The number of benzene rings is 1. The molecule has 0 unspecified atom stereocenters. The minimum Gasteiger partial charge on any atom is -0.339 e. The third kappa shape index (κ3) is 4.01. The van der Waals surface area contributed by atoms with Gasteiger partial charge in [-0.2, -0.15) is 0 Å². The van der Waals surface area contributed by atoms with Crippen molar-refractivity contribution in [1.29, 1.82) is 0 Å². The predicted molar refractivity (Wildman–Crippen MR) is 76.7 cm³/mol. The lowest BCUT2D eigenvalue weighted by molar-refractivity contribution is -0.129. The van der Waals surface area contributed by atoms with Crippen LogP contribution in [0.15, 0.2) is 23.1 Å². The minimum atomic E-state index is -3.68. The summed E-state index contributed by atoms with van der Waals surface area (Å²) in [6, 6.07) is 3.91. The molecule has 1 amide bonds. The van der Waals surface area contributed by atoms with Crippen molar-refractivity contribution in [2.24, 2.45) is 0 Å². The van der Waals surface area contributed by atoms with Gasteiger partial charge in [0.1, 0.15) is 5.82 Å². The fraction of sp³-hybridized carbons (Fsp3) is 0.500. The first-order valence-corrected chi connectivity index (χ1v) is 8.32. The van der Waals surface area contributed by atoms with Gasteiger partial charge in [-0.25, -0.2) is 17.5 Å². The topological polar surface area (TPSA) is 66.5 Å². The van der Waals surface area contributed by atoms with E-state index in [1.54, 1.807) is 4.90 Å². The number of halogens is 1. The van der Waals surface area contributed by atoms with Gasteiger partial charge in [0.25, 0.3) is 0 Å². The largest absolute Gasteiger partial charge is 0.339 e. The Morgan fingerprint density at radius 2 is 2.10 bits per heavy atom. The second kappa shape index (κ2) is 6.11. The van der Waals surface area contributed by atoms with Gasteiger partial charge in [0, 0.05) is 26.1 Å². The average Bonchev–Trinajstić information content (AvgIpc) is 3.21. The van der Waals surface area contributed by atoms with E-state index in [1.165, 1.54) is 26.0 Å². The van der Waals surface area contributed by atoms with Crippen molar-refractivity contribution in [3.05, 3.63) is 29.6 Å². The molecule has 1 N–H and O–H groups in total. The molecule has 0 atom stereocenters. The van der Waals surface area contributed by atoms with Crippen LogP contribution >= 0.6 is 0 Å². The van der Waals surface area contributed by atoms with Crippen molar-refractivity contribution in [2.75, 3.05) is 13.1 Å². The van der Waals surface area contributed by atoms with Gasteiger partial charge in [0.15, 0.2) is 0 Å². The van der Waals surface area contributed by atoms with E-state index in [0.29, 0.717) is 6.54 Å². The number of aryl methyl sites for hydroxylation is 1. The summed E-state index contributed by atoms with van der Waals surface area (Å²) >= 11 is 0. The van der Waals surface area contributed by atoms with Gasteiger partial charge >= 0.3 is 0 Å². The summed E-state index contributed by atoms with van der Waals surface area (Å²) in [6.45, 7) is 3.49. The molecule has 0 heterocycles. The summed E-state index contributed by atoms with van der Waals surface area (Å²) in [7, 11) is -3.68. The number of sulfonamides is 1. The zero-order chi connectivity index (χ0) is 15.6. The number of hydrogen-bond acceptors (Lipinski definition) is 3. The molecule has 1 aliphatic rings. The normalized spacial score (nSPS) is 15.0. The molecular weight excluding hydrogens is 295 g/mol. The van der Waals surface area contributed by atoms with Crippen LogP contribution in [0.3, 0.4) is 0 Å². The summed E-state index contributed by atoms with van der Waals surface area (Å²) in [5.74, 6) is -0.486. The summed E-state index contributed by atoms with van der Waals surface area (Å²) < 4.78 is 39.8. The van der Waals surface area contributed by atoms with Gasteiger partial charge in [-0.05, 0) is 43.5 Å². The summed E-state index contributed by atoms with van der Waals surface area (Å²) in [5.41, 5.74) is 0.279. The van der Waals surface area contributed by atoms with Crippen molar-refractivity contribution < 1.29 is 17.6 Å². The molecule has 0 aliphatic heterocycles. The van der Waals surface area contributed by atoms with E-state index in [0.717, 1.165) is 18.9 Å². The highest BCUT2D eigenvalue weighted by Gasteiger charge is 2.30. The highest BCUT2D eigenvalue weighted by atomic mass is 32.2. The number of carbonyl (C=O) groups excluding carboxylic acids is 1. The molecule has 0 bridgehead atoms. The highest BCUT2D eigenvalue weighted by molar-refractivity contribution is 7.89. The van der Waals surface area contributed by atoms with Crippen molar-refractivity contribution in [1.82, 2.24) is 9.62 Å². The third-order valence-corrected chi connectivity index (χ3v) is 4.94. The highest BCUT2D eigenvalue weighted by Crippen LogP contribution is 2.26. The Hall–Kier alpha value is -1.47. The fourth-order valence-electron chi connectivity index (χ4n) is 2.15. The van der Waals surface area contributed by atoms with Crippen LogP contribution in [0.5, 0.6) is 0 Å². The monoisotopic (exact) mass is 314 g/mol. The summed E-state index contributed by atoms with van der Waals surface area (Å²) in [5, 5.41) is 0. The molecule has 1 aromatic rings. The third-order valence-electron chi connectivity index (χ3n) is 3.48. The van der Waals surface area contributed by atoms with Crippen molar-refractivity contribution in [3.63, 3.8) is 0 Å². The van der Waals surface area contributed by atoms with Crippen LogP contribution in [-0.2, 0) is 14.8 Å². The van der Waals surface area contributed by atoms with Gasteiger partial charge in [-0.15, -0.1) is 0 Å². The number of carbonyl (C=O) groups is 1. The molecule has 1 aromatic carbocycles. The lowest BCUT2D eigenvalue weighted by Gasteiger charge is -2.20. The minimum absolute atomic E-state index is 0.0298. The van der Waals surface area contributed by atoms with E-state index < -0.39 is 15.8 Å². The molecule has 1 saturated carbocycles. The van der Waals surface area contributed by atoms with Gasteiger partial charge in [0.05, 0.1) is 4.90 Å². The first-order valence-electron chi connectivity index (χ1n) is 6.84. The molecule has 2 rings (SSSR count). The van der Waals surface area contributed by atoms with Crippen molar-refractivity contribution in [3.8, 4) is 0 Å². The Balaban J connectivity index is 1.97. The average molecular weight is 314 g/mol. The quantitative estimate of drug-likeness (QED) is 0.863. The molecule has 0 saturated heterocycles. The van der Waals surface area contributed by atoms with Crippen LogP contribution in [0.25, 0.3) is 0 Å². The van der Waals surface area contributed by atoms with Crippen LogP contribution in [0.1, 0.15) is 25.3 Å². The van der Waals surface area contributed by atoms with Gasteiger partial charge in [0.2, 0.25) is 15.9 Å². The molecule has 5 nitrogen and oxygen atoms in total. The number of hydrogen-bond donors (Lipinski definition) is 1. The second-order valence-electron chi connectivity index (χ2n) is 5.25. The zero-order valence-electron chi connectivity index (χ0n) is 12.1. The van der Waals surface area contributed by atoms with E-state index in [-0.39, 0.29) is 29.0 Å². The molecule has 21 heavy (non-hydrogen) atoms. The van der Waals surface area contributed by atoms with Crippen molar-refractivity contribution >= 4 is 15.9 Å². The van der Waals surface area contributed by atoms with Crippen LogP contribution in [0, 0.1) is 12.7 Å². The molecule has 0 radical (unpaired) electrons. The summed E-state index contributed by atoms with van der Waals surface area (Å²) in [6.07, 6.45) is 1.95. The van der Waals surface area contributed by atoms with E-state index in [2.05, 4.69) is 4.72 Å². The van der Waals surface area contributed by atoms with Crippen LogP contribution in [-0.4, -0.2) is 38.4 Å². The van der Waals surface area contributed by atoms with Crippen molar-refractivity contribution in [2.45, 2.75) is 37.6 Å². The zero-order valence-corrected chi connectivity index (χ0v) is 12.9. The molecule has 1 fully saturated rings. The van der Waals surface area contributed by atoms with Gasteiger partial charge in [-0.3, -0.25) is 4.79 Å². The molecular formula is C14H19FN2O3S. The van der Waals surface area contributed by atoms with Gasteiger partial charge in [-0.1, -0.05) is 0 Å². The summed E-state index contributed by atoms with van der Waals surface area (Å²) in [4.78, 5) is 13.1. The first-order chi connectivity index (χ1) is 9.81. The SMILES string of the molecule is CC(=O)N(CCNS(=O)(=O)c1ccc(F)c(C)c1)C1CC1. The molecule has 0 aromatic heterocycles. The Kier molecular flexibility index (Phi) is 4.63. The van der Waals surface area contributed by atoms with E-state index >= 15 is 0 Å². The lowest BCUT2D eigenvalue weighted by atomic mass is 10.2. The fourth-order valence-corrected chi connectivity index (χ4v) is 3.26. The van der Waals surface area contributed by atoms with E-state index in [1.807, 2.05) is 0 Å². The Labute approximate surface area is 124 Å². The first kappa shape index (κ1) is 15.9. The second-order valence-corrected chi connectivity index (χ2v) is 7.02. The molecule has 0 spiro atoms. The van der Waals surface area contributed by atoms with Gasteiger partial charge < -0.3 is 4.90 Å². The van der Waals surface area contributed by atoms with E-state index in [4.69, 9.17) is 0 Å². The molecule has 1 aliphatic carbocycles. The van der Waals surface area contributed by atoms with Crippen LogP contribution in [0.4, 0.5) is 4.39 Å². The van der Waals surface area contributed by atoms with Crippen LogP contribution < -0.4 is 4.72 Å². The molecule has 7 heteroatoms. The Morgan fingerprint density at radius 3 is 2.62 bits per heavy atom.